The van der Waals surface area contributed by atoms with E-state index in [1.807, 2.05) is 0 Å². The lowest BCUT2D eigenvalue weighted by atomic mass is 10.1. The third-order valence-electron chi connectivity index (χ3n) is 1.97. The van der Waals surface area contributed by atoms with Gasteiger partial charge < -0.3 is 4.74 Å². The highest BCUT2D eigenvalue weighted by atomic mass is 79.9. The van der Waals surface area contributed by atoms with Crippen molar-refractivity contribution >= 4 is 44.1 Å². The first kappa shape index (κ1) is 13.4. The summed E-state index contributed by atoms with van der Waals surface area (Å²) >= 11 is 6.64. The molecular formula is C11H10Br2O3. The molecule has 0 aromatic heterocycles. The van der Waals surface area contributed by atoms with Gasteiger partial charge in [-0.15, -0.1) is 0 Å². The molecule has 0 heterocycles. The number of aldehydes is 1. The highest BCUT2D eigenvalue weighted by Gasteiger charge is 2.13. The SMILES string of the molecule is CCOC(=O)Cc1c(Br)ccc(C=O)c1Br. The predicted octanol–water partition coefficient (Wildman–Crippen LogP) is 3.13. The molecule has 86 valence electrons. The second kappa shape index (κ2) is 6.15. The van der Waals surface area contributed by atoms with Gasteiger partial charge in [0.1, 0.15) is 0 Å². The molecule has 0 spiro atoms. The smallest absolute Gasteiger partial charge is 0.310 e. The van der Waals surface area contributed by atoms with Gasteiger partial charge in [0.15, 0.2) is 6.29 Å². The Morgan fingerprint density at radius 2 is 2.12 bits per heavy atom. The first-order chi connectivity index (χ1) is 7.60. The molecule has 1 rings (SSSR count). The lowest BCUT2D eigenvalue weighted by molar-refractivity contribution is -0.142. The molecule has 16 heavy (non-hydrogen) atoms. The zero-order valence-corrected chi connectivity index (χ0v) is 11.8. The predicted molar refractivity (Wildman–Crippen MR) is 67.6 cm³/mol. The summed E-state index contributed by atoms with van der Waals surface area (Å²) in [6.07, 6.45) is 0.877. The number of hydrogen-bond acceptors (Lipinski definition) is 3. The van der Waals surface area contributed by atoms with Gasteiger partial charge in [-0.1, -0.05) is 15.9 Å². The molecule has 3 nitrogen and oxygen atoms in total. The molecular weight excluding hydrogens is 340 g/mol. The summed E-state index contributed by atoms with van der Waals surface area (Å²) in [4.78, 5) is 22.1. The summed E-state index contributed by atoms with van der Waals surface area (Å²) in [6, 6.07) is 3.42. The second-order valence-corrected chi connectivity index (χ2v) is 4.68. The van der Waals surface area contributed by atoms with Gasteiger partial charge in [0.25, 0.3) is 0 Å². The average Bonchev–Trinajstić information content (AvgIpc) is 2.25. The quantitative estimate of drug-likeness (QED) is 0.619. The Bertz CT molecular complexity index is 416. The van der Waals surface area contributed by atoms with Crippen molar-refractivity contribution in [2.75, 3.05) is 6.61 Å². The highest BCUT2D eigenvalue weighted by molar-refractivity contribution is 9.11. The van der Waals surface area contributed by atoms with Crippen LogP contribution in [0.15, 0.2) is 21.1 Å². The fourth-order valence-corrected chi connectivity index (χ4v) is 2.54. The third-order valence-corrected chi connectivity index (χ3v) is 3.65. The normalized spacial score (nSPS) is 9.94. The molecule has 0 N–H and O–H groups in total. The van der Waals surface area contributed by atoms with Crippen LogP contribution in [0, 0.1) is 0 Å². The monoisotopic (exact) mass is 348 g/mol. The molecule has 0 fully saturated rings. The van der Waals surface area contributed by atoms with E-state index in [1.165, 1.54) is 0 Å². The van der Waals surface area contributed by atoms with Gasteiger partial charge in [-0.2, -0.15) is 0 Å². The number of rotatable bonds is 4. The highest BCUT2D eigenvalue weighted by Crippen LogP contribution is 2.28. The summed E-state index contributed by atoms with van der Waals surface area (Å²) in [5.74, 6) is -0.313. The van der Waals surface area contributed by atoms with E-state index in [1.54, 1.807) is 19.1 Å². The zero-order chi connectivity index (χ0) is 12.1. The molecule has 0 saturated heterocycles. The molecule has 1 aromatic carbocycles. The number of ether oxygens (including phenoxy) is 1. The van der Waals surface area contributed by atoms with E-state index in [-0.39, 0.29) is 12.4 Å². The minimum absolute atomic E-state index is 0.136. The van der Waals surface area contributed by atoms with Crippen LogP contribution in [-0.4, -0.2) is 18.9 Å². The lowest BCUT2D eigenvalue weighted by Gasteiger charge is -2.08. The van der Waals surface area contributed by atoms with E-state index < -0.39 is 0 Å². The van der Waals surface area contributed by atoms with Gasteiger partial charge in [-0.05, 0) is 40.5 Å². The van der Waals surface area contributed by atoms with E-state index in [0.29, 0.717) is 16.6 Å². The van der Waals surface area contributed by atoms with E-state index in [0.717, 1.165) is 16.3 Å². The molecule has 5 heteroatoms. The summed E-state index contributed by atoms with van der Waals surface area (Å²) in [6.45, 7) is 2.10. The Balaban J connectivity index is 3.02. The molecule has 1 aromatic rings. The summed E-state index contributed by atoms with van der Waals surface area (Å²) in [5.41, 5.74) is 1.24. The standard InChI is InChI=1S/C11H10Br2O3/c1-2-16-10(15)5-8-9(12)4-3-7(6-14)11(8)13/h3-4,6H,2,5H2,1H3. The molecule has 0 amide bonds. The molecule has 0 aliphatic carbocycles. The van der Waals surface area contributed by atoms with Crippen molar-refractivity contribution in [1.29, 1.82) is 0 Å². The topological polar surface area (TPSA) is 43.4 Å². The Kier molecular flexibility index (Phi) is 5.15. The molecule has 0 radical (unpaired) electrons. The van der Waals surface area contributed by atoms with E-state index >= 15 is 0 Å². The number of esters is 1. The molecule has 0 atom stereocenters. The van der Waals surface area contributed by atoms with Crippen LogP contribution in [0.25, 0.3) is 0 Å². The van der Waals surface area contributed by atoms with Gasteiger partial charge >= 0.3 is 5.97 Å². The van der Waals surface area contributed by atoms with Gasteiger partial charge in [0.2, 0.25) is 0 Å². The molecule has 0 unspecified atom stereocenters. The van der Waals surface area contributed by atoms with Crippen molar-refractivity contribution in [2.45, 2.75) is 13.3 Å². The van der Waals surface area contributed by atoms with E-state index in [9.17, 15) is 9.59 Å². The van der Waals surface area contributed by atoms with Crippen LogP contribution in [0.3, 0.4) is 0 Å². The number of carbonyl (C=O) groups excluding carboxylic acids is 2. The van der Waals surface area contributed by atoms with Crippen molar-refractivity contribution in [2.24, 2.45) is 0 Å². The molecule has 0 aliphatic heterocycles. The van der Waals surface area contributed by atoms with Crippen molar-refractivity contribution in [3.63, 3.8) is 0 Å². The molecule has 0 aliphatic rings. The van der Waals surface area contributed by atoms with Crippen molar-refractivity contribution in [3.05, 3.63) is 32.2 Å². The fourth-order valence-electron chi connectivity index (χ4n) is 1.23. The Labute approximate surface area is 110 Å². The van der Waals surface area contributed by atoms with Crippen molar-refractivity contribution in [3.8, 4) is 0 Å². The van der Waals surface area contributed by atoms with Crippen LogP contribution in [0.5, 0.6) is 0 Å². The maximum atomic E-state index is 11.4. The average molecular weight is 350 g/mol. The summed E-state index contributed by atoms with van der Waals surface area (Å²) in [5, 5.41) is 0. The Hall–Kier alpha value is -0.680. The second-order valence-electron chi connectivity index (χ2n) is 3.03. The fraction of sp³-hybridized carbons (Fsp3) is 0.273. The van der Waals surface area contributed by atoms with Crippen molar-refractivity contribution < 1.29 is 14.3 Å². The third kappa shape index (κ3) is 3.15. The largest absolute Gasteiger partial charge is 0.466 e. The Morgan fingerprint density at radius 1 is 1.44 bits per heavy atom. The first-order valence-electron chi connectivity index (χ1n) is 4.67. The summed E-state index contributed by atoms with van der Waals surface area (Å²) in [7, 11) is 0. The van der Waals surface area contributed by atoms with Gasteiger partial charge in [0.05, 0.1) is 13.0 Å². The van der Waals surface area contributed by atoms with Crippen LogP contribution in [0.2, 0.25) is 0 Å². The van der Waals surface area contributed by atoms with Crippen LogP contribution in [0.4, 0.5) is 0 Å². The van der Waals surface area contributed by atoms with Gasteiger partial charge in [0, 0.05) is 14.5 Å². The van der Waals surface area contributed by atoms with Crippen LogP contribution < -0.4 is 0 Å². The minimum atomic E-state index is -0.313. The summed E-state index contributed by atoms with van der Waals surface area (Å²) < 4.78 is 6.27. The number of benzene rings is 1. The van der Waals surface area contributed by atoms with Gasteiger partial charge in [-0.25, -0.2) is 0 Å². The maximum absolute atomic E-state index is 11.4. The first-order valence-corrected chi connectivity index (χ1v) is 6.26. The lowest BCUT2D eigenvalue weighted by Crippen LogP contribution is -2.09. The maximum Gasteiger partial charge on any atom is 0.310 e. The van der Waals surface area contributed by atoms with Crippen LogP contribution in [0.1, 0.15) is 22.8 Å². The number of halogens is 2. The molecule has 0 saturated carbocycles. The van der Waals surface area contributed by atoms with Crippen molar-refractivity contribution in [1.82, 2.24) is 0 Å². The van der Waals surface area contributed by atoms with E-state index in [4.69, 9.17) is 4.74 Å². The zero-order valence-electron chi connectivity index (χ0n) is 8.63. The minimum Gasteiger partial charge on any atom is -0.466 e. The number of hydrogen-bond donors (Lipinski definition) is 0. The Morgan fingerprint density at radius 3 is 2.69 bits per heavy atom. The van der Waals surface area contributed by atoms with Gasteiger partial charge in [-0.3, -0.25) is 9.59 Å². The van der Waals surface area contributed by atoms with E-state index in [2.05, 4.69) is 31.9 Å². The van der Waals surface area contributed by atoms with Crippen LogP contribution >= 0.6 is 31.9 Å². The number of carbonyl (C=O) groups is 2. The molecule has 0 bridgehead atoms. The van der Waals surface area contributed by atoms with Crippen LogP contribution in [-0.2, 0) is 16.0 Å².